The van der Waals surface area contributed by atoms with Crippen LogP contribution in [-0.2, 0) is 18.0 Å². The van der Waals surface area contributed by atoms with E-state index in [2.05, 4.69) is 20.0 Å². The van der Waals surface area contributed by atoms with Crippen molar-refractivity contribution >= 4 is 5.69 Å². The van der Waals surface area contributed by atoms with Gasteiger partial charge in [-0.3, -0.25) is 0 Å². The van der Waals surface area contributed by atoms with Crippen LogP contribution in [0.1, 0.15) is 25.1 Å². The van der Waals surface area contributed by atoms with Crippen LogP contribution in [0.4, 0.5) is 18.9 Å². The third kappa shape index (κ3) is 4.98. The van der Waals surface area contributed by atoms with Crippen molar-refractivity contribution in [1.82, 2.24) is 19.7 Å². The molecule has 0 aliphatic carbocycles. The zero-order chi connectivity index (χ0) is 27.2. The van der Waals surface area contributed by atoms with E-state index < -0.39 is 11.9 Å². The SMILES string of the molecule is COc1ccc(-c2nc(-c3ccc(-c4nc(C(F)(F)F)cn4C)cc3C)no2)c(N2CC(C)OC(C)C2)c1. The Labute approximate surface area is 218 Å². The molecule has 11 heteroatoms. The summed E-state index contributed by atoms with van der Waals surface area (Å²) in [5.41, 5.74) is 2.78. The Kier molecular flexibility index (Phi) is 6.64. The van der Waals surface area contributed by atoms with Gasteiger partial charge in [0.2, 0.25) is 5.82 Å². The minimum absolute atomic E-state index is 0.0585. The number of imidazole rings is 1. The van der Waals surface area contributed by atoms with Gasteiger partial charge in [-0.2, -0.15) is 18.2 Å². The molecule has 0 amide bonds. The molecule has 2 unspecified atom stereocenters. The summed E-state index contributed by atoms with van der Waals surface area (Å²) < 4.78 is 57.8. The number of rotatable bonds is 5. The van der Waals surface area contributed by atoms with Crippen molar-refractivity contribution in [3.63, 3.8) is 0 Å². The highest BCUT2D eigenvalue weighted by Gasteiger charge is 2.34. The largest absolute Gasteiger partial charge is 0.497 e. The Hall–Kier alpha value is -3.86. The molecule has 0 bridgehead atoms. The molecule has 200 valence electrons. The van der Waals surface area contributed by atoms with Gasteiger partial charge in [0.25, 0.3) is 5.89 Å². The van der Waals surface area contributed by atoms with Crippen LogP contribution in [0.3, 0.4) is 0 Å². The van der Waals surface area contributed by atoms with Crippen molar-refractivity contribution < 1.29 is 27.2 Å². The molecule has 1 aliphatic heterocycles. The summed E-state index contributed by atoms with van der Waals surface area (Å²) in [5, 5.41) is 4.21. The van der Waals surface area contributed by atoms with Crippen molar-refractivity contribution in [3.8, 4) is 40.0 Å². The molecule has 1 saturated heterocycles. The molecule has 5 rings (SSSR count). The summed E-state index contributed by atoms with van der Waals surface area (Å²) in [4.78, 5) is 10.7. The number of halogens is 3. The van der Waals surface area contributed by atoms with Gasteiger partial charge in [0.1, 0.15) is 11.6 Å². The van der Waals surface area contributed by atoms with Gasteiger partial charge < -0.3 is 23.5 Å². The zero-order valence-corrected chi connectivity index (χ0v) is 21.7. The molecule has 38 heavy (non-hydrogen) atoms. The number of ether oxygens (including phenoxy) is 2. The molecule has 0 spiro atoms. The van der Waals surface area contributed by atoms with E-state index in [0.717, 1.165) is 23.0 Å². The predicted molar refractivity (Wildman–Crippen MR) is 136 cm³/mol. The fourth-order valence-corrected chi connectivity index (χ4v) is 4.82. The number of methoxy groups -OCH3 is 1. The highest BCUT2D eigenvalue weighted by Crippen LogP contribution is 2.37. The van der Waals surface area contributed by atoms with Gasteiger partial charge in [0.15, 0.2) is 5.69 Å². The molecule has 0 radical (unpaired) electrons. The molecular formula is C27H28F3N5O3. The third-order valence-corrected chi connectivity index (χ3v) is 6.51. The van der Waals surface area contributed by atoms with Crippen LogP contribution < -0.4 is 9.64 Å². The highest BCUT2D eigenvalue weighted by molar-refractivity contribution is 5.77. The quantitative estimate of drug-likeness (QED) is 0.327. The Morgan fingerprint density at radius 3 is 2.34 bits per heavy atom. The lowest BCUT2D eigenvalue weighted by molar-refractivity contribution is -0.140. The van der Waals surface area contributed by atoms with Crippen LogP contribution in [-0.4, -0.2) is 52.1 Å². The second kappa shape index (κ2) is 9.79. The minimum atomic E-state index is -4.51. The lowest BCUT2D eigenvalue weighted by Gasteiger charge is -2.37. The molecule has 2 aromatic heterocycles. The van der Waals surface area contributed by atoms with Gasteiger partial charge in [-0.05, 0) is 44.5 Å². The van der Waals surface area contributed by atoms with Gasteiger partial charge in [-0.25, -0.2) is 4.98 Å². The predicted octanol–water partition coefficient (Wildman–Crippen LogP) is 5.75. The summed E-state index contributed by atoms with van der Waals surface area (Å²) in [6.45, 7) is 7.33. The van der Waals surface area contributed by atoms with Gasteiger partial charge in [0.05, 0.1) is 30.6 Å². The van der Waals surface area contributed by atoms with E-state index in [1.165, 1.54) is 11.6 Å². The maximum atomic E-state index is 13.1. The average Bonchev–Trinajstić information content (AvgIpc) is 3.50. The lowest BCUT2D eigenvalue weighted by atomic mass is 10.0. The fraction of sp³-hybridized carbons (Fsp3) is 0.370. The number of alkyl halides is 3. The summed E-state index contributed by atoms with van der Waals surface area (Å²) in [7, 11) is 3.16. The highest BCUT2D eigenvalue weighted by atomic mass is 19.4. The number of morpholine rings is 1. The first kappa shape index (κ1) is 25.8. The first-order valence-electron chi connectivity index (χ1n) is 12.2. The topological polar surface area (TPSA) is 78.4 Å². The summed E-state index contributed by atoms with van der Waals surface area (Å²) in [6.07, 6.45) is -3.41. The van der Waals surface area contributed by atoms with Crippen LogP contribution >= 0.6 is 0 Å². The summed E-state index contributed by atoms with van der Waals surface area (Å²) >= 11 is 0. The Bertz CT molecular complexity index is 1450. The Morgan fingerprint density at radius 1 is 1.00 bits per heavy atom. The van der Waals surface area contributed by atoms with Gasteiger partial charge >= 0.3 is 6.18 Å². The number of aryl methyl sites for hydroxylation is 2. The number of nitrogens with zero attached hydrogens (tertiary/aromatic N) is 5. The number of hydrogen-bond acceptors (Lipinski definition) is 7. The normalized spacial score (nSPS) is 18.2. The van der Waals surface area contributed by atoms with E-state index in [9.17, 15) is 13.2 Å². The third-order valence-electron chi connectivity index (χ3n) is 6.51. The molecular weight excluding hydrogens is 499 g/mol. The number of aromatic nitrogens is 4. The number of hydrogen-bond donors (Lipinski definition) is 0. The van der Waals surface area contributed by atoms with Crippen LogP contribution in [0.25, 0.3) is 34.2 Å². The molecule has 1 fully saturated rings. The second-order valence-corrected chi connectivity index (χ2v) is 9.56. The van der Waals surface area contributed by atoms with Gasteiger partial charge in [-0.15, -0.1) is 0 Å². The molecule has 2 atom stereocenters. The minimum Gasteiger partial charge on any atom is -0.497 e. The maximum absolute atomic E-state index is 13.1. The van der Waals surface area contributed by atoms with E-state index >= 15 is 0 Å². The van der Waals surface area contributed by atoms with Crippen LogP contribution in [0, 0.1) is 6.92 Å². The van der Waals surface area contributed by atoms with Crippen LogP contribution in [0.2, 0.25) is 0 Å². The summed E-state index contributed by atoms with van der Waals surface area (Å²) in [5.74, 6) is 1.67. The lowest BCUT2D eigenvalue weighted by Crippen LogP contribution is -2.45. The van der Waals surface area contributed by atoms with Crippen LogP contribution in [0.5, 0.6) is 5.75 Å². The van der Waals surface area contributed by atoms with Crippen molar-refractivity contribution in [2.24, 2.45) is 7.05 Å². The van der Waals surface area contributed by atoms with E-state index in [0.29, 0.717) is 41.7 Å². The van der Waals surface area contributed by atoms with E-state index in [4.69, 9.17) is 14.0 Å². The second-order valence-electron chi connectivity index (χ2n) is 9.56. The fourth-order valence-electron chi connectivity index (χ4n) is 4.82. The first-order valence-corrected chi connectivity index (χ1v) is 12.2. The average molecular weight is 528 g/mol. The van der Waals surface area contributed by atoms with E-state index in [1.807, 2.05) is 39.0 Å². The first-order chi connectivity index (χ1) is 18.0. The monoisotopic (exact) mass is 527 g/mol. The molecule has 0 N–H and O–H groups in total. The summed E-state index contributed by atoms with van der Waals surface area (Å²) in [6, 6.07) is 10.9. The Balaban J connectivity index is 1.48. The van der Waals surface area contributed by atoms with Gasteiger partial charge in [0, 0.05) is 43.5 Å². The van der Waals surface area contributed by atoms with E-state index in [-0.39, 0.29) is 18.0 Å². The van der Waals surface area contributed by atoms with E-state index in [1.54, 1.807) is 25.3 Å². The van der Waals surface area contributed by atoms with Crippen molar-refractivity contribution in [2.45, 2.75) is 39.2 Å². The van der Waals surface area contributed by atoms with Crippen molar-refractivity contribution in [1.29, 1.82) is 0 Å². The van der Waals surface area contributed by atoms with Crippen molar-refractivity contribution in [2.75, 3.05) is 25.1 Å². The maximum Gasteiger partial charge on any atom is 0.434 e. The van der Waals surface area contributed by atoms with Crippen molar-refractivity contribution in [3.05, 3.63) is 53.9 Å². The number of anilines is 1. The van der Waals surface area contributed by atoms with Gasteiger partial charge in [-0.1, -0.05) is 17.3 Å². The Morgan fingerprint density at radius 2 is 1.71 bits per heavy atom. The smallest absolute Gasteiger partial charge is 0.434 e. The standard InChI is InChI=1S/C27H28F3N5O3/c1-15-10-18(25-31-23(14-34(25)4)27(28,29)30)6-8-20(15)24-32-26(38-33-24)21-9-7-19(36-5)11-22(21)35-12-16(2)37-17(3)13-35/h6-11,14,16-17H,12-13H2,1-5H3. The van der Waals surface area contributed by atoms with Crippen LogP contribution in [0.15, 0.2) is 47.1 Å². The molecule has 4 aromatic rings. The molecule has 8 nitrogen and oxygen atoms in total. The molecule has 1 aliphatic rings. The number of benzene rings is 2. The molecule has 3 heterocycles. The zero-order valence-electron chi connectivity index (χ0n) is 21.7. The molecule has 2 aromatic carbocycles. The molecule has 0 saturated carbocycles.